The number of halogens is 1. The van der Waals surface area contributed by atoms with Crippen molar-refractivity contribution in [3.8, 4) is 0 Å². The lowest BCUT2D eigenvalue weighted by atomic mass is 9.94. The number of aliphatic hydroxyl groups excluding tert-OH is 1. The summed E-state index contributed by atoms with van der Waals surface area (Å²) in [5, 5.41) is 16.2. The Hall–Kier alpha value is -0.0400. The van der Waals surface area contributed by atoms with Gasteiger partial charge in [0.1, 0.15) is 0 Å². The van der Waals surface area contributed by atoms with Crippen LogP contribution in [-0.2, 0) is 0 Å². The van der Waals surface area contributed by atoms with Crippen molar-refractivity contribution >= 4 is 29.9 Å². The van der Waals surface area contributed by atoms with E-state index in [4.69, 9.17) is 4.99 Å². The SMILES string of the molecule is CCNC(=NCC(CCO)CC(C)C)NCC(C1CC1)C1CC1.I. The minimum Gasteiger partial charge on any atom is -0.396 e. The highest BCUT2D eigenvalue weighted by Gasteiger charge is 2.41. The van der Waals surface area contributed by atoms with Gasteiger partial charge in [0.25, 0.3) is 0 Å². The number of aliphatic hydroxyl groups is 1. The number of guanidine groups is 1. The zero-order valence-electron chi connectivity index (χ0n) is 15.8. The molecule has 1 atom stereocenters. The van der Waals surface area contributed by atoms with Crippen molar-refractivity contribution in [3.05, 3.63) is 0 Å². The molecule has 0 spiro atoms. The highest BCUT2D eigenvalue weighted by molar-refractivity contribution is 14.0. The van der Waals surface area contributed by atoms with Crippen molar-refractivity contribution in [3.63, 3.8) is 0 Å². The Labute approximate surface area is 165 Å². The number of hydrogen-bond acceptors (Lipinski definition) is 2. The van der Waals surface area contributed by atoms with Crippen LogP contribution >= 0.6 is 24.0 Å². The van der Waals surface area contributed by atoms with Gasteiger partial charge in [-0.25, -0.2) is 0 Å². The molecule has 0 saturated heterocycles. The molecule has 0 heterocycles. The number of aliphatic imine (C=N–C) groups is 1. The highest BCUT2D eigenvalue weighted by atomic mass is 127. The fourth-order valence-corrected chi connectivity index (χ4v) is 3.68. The molecule has 0 amide bonds. The number of nitrogens with zero attached hydrogens (tertiary/aromatic N) is 1. The summed E-state index contributed by atoms with van der Waals surface area (Å²) >= 11 is 0. The first-order chi connectivity index (χ1) is 11.1. The minimum absolute atomic E-state index is 0. The molecule has 2 aliphatic rings. The second-order valence-electron chi connectivity index (χ2n) is 7.95. The van der Waals surface area contributed by atoms with Crippen molar-refractivity contribution in [1.82, 2.24) is 10.6 Å². The van der Waals surface area contributed by atoms with Crippen molar-refractivity contribution in [2.24, 2.45) is 34.6 Å². The minimum atomic E-state index is 0. The Morgan fingerprint density at radius 1 is 1.12 bits per heavy atom. The van der Waals surface area contributed by atoms with Gasteiger partial charge in [-0.2, -0.15) is 0 Å². The van der Waals surface area contributed by atoms with Crippen LogP contribution in [-0.4, -0.2) is 37.3 Å². The fraction of sp³-hybridized carbons (Fsp3) is 0.947. The number of rotatable bonds is 11. The van der Waals surface area contributed by atoms with Gasteiger partial charge in [0, 0.05) is 26.2 Å². The maximum atomic E-state index is 9.25. The van der Waals surface area contributed by atoms with E-state index in [1.54, 1.807) is 0 Å². The average molecular weight is 451 g/mol. The van der Waals surface area contributed by atoms with E-state index in [0.717, 1.165) is 56.2 Å². The van der Waals surface area contributed by atoms with Gasteiger partial charge >= 0.3 is 0 Å². The smallest absolute Gasteiger partial charge is 0.191 e. The molecule has 3 N–H and O–H groups in total. The summed E-state index contributed by atoms with van der Waals surface area (Å²) < 4.78 is 0. The predicted molar refractivity (Wildman–Crippen MR) is 113 cm³/mol. The molecule has 0 radical (unpaired) electrons. The molecule has 5 heteroatoms. The van der Waals surface area contributed by atoms with Crippen molar-refractivity contribution in [2.45, 2.75) is 59.3 Å². The Morgan fingerprint density at radius 3 is 2.21 bits per heavy atom. The third kappa shape index (κ3) is 8.37. The quantitative estimate of drug-likeness (QED) is 0.256. The fourth-order valence-electron chi connectivity index (χ4n) is 3.68. The lowest BCUT2D eigenvalue weighted by Crippen LogP contribution is -2.41. The largest absolute Gasteiger partial charge is 0.396 e. The molecule has 0 aromatic carbocycles. The molecule has 4 nitrogen and oxygen atoms in total. The second kappa shape index (κ2) is 11.6. The van der Waals surface area contributed by atoms with Crippen LogP contribution in [0, 0.1) is 29.6 Å². The number of hydrogen-bond donors (Lipinski definition) is 3. The van der Waals surface area contributed by atoms with Crippen LogP contribution in [0.15, 0.2) is 4.99 Å². The normalized spacial score (nSPS) is 19.3. The van der Waals surface area contributed by atoms with Gasteiger partial charge in [0.05, 0.1) is 0 Å². The van der Waals surface area contributed by atoms with Crippen molar-refractivity contribution < 1.29 is 5.11 Å². The maximum Gasteiger partial charge on any atom is 0.191 e. The van der Waals surface area contributed by atoms with Crippen LogP contribution in [0.3, 0.4) is 0 Å². The molecule has 0 bridgehead atoms. The first-order valence-electron chi connectivity index (χ1n) is 9.77. The van der Waals surface area contributed by atoms with Gasteiger partial charge in [-0.3, -0.25) is 4.99 Å². The van der Waals surface area contributed by atoms with Gasteiger partial charge < -0.3 is 15.7 Å². The summed E-state index contributed by atoms with van der Waals surface area (Å²) in [6, 6.07) is 0. The Balaban J connectivity index is 0.00000288. The van der Waals surface area contributed by atoms with Gasteiger partial charge in [0.15, 0.2) is 5.96 Å². The molecule has 24 heavy (non-hydrogen) atoms. The third-order valence-electron chi connectivity index (χ3n) is 5.15. The zero-order valence-corrected chi connectivity index (χ0v) is 18.1. The topological polar surface area (TPSA) is 56.7 Å². The first kappa shape index (κ1) is 22.0. The van der Waals surface area contributed by atoms with Crippen LogP contribution in [0.5, 0.6) is 0 Å². The van der Waals surface area contributed by atoms with Gasteiger partial charge in [-0.15, -0.1) is 24.0 Å². The molecule has 2 saturated carbocycles. The third-order valence-corrected chi connectivity index (χ3v) is 5.15. The van der Waals surface area contributed by atoms with E-state index in [2.05, 4.69) is 31.4 Å². The molecule has 0 aliphatic heterocycles. The summed E-state index contributed by atoms with van der Waals surface area (Å²) in [6.45, 7) is 9.67. The second-order valence-corrected chi connectivity index (χ2v) is 7.95. The van der Waals surface area contributed by atoms with Crippen molar-refractivity contribution in [1.29, 1.82) is 0 Å². The van der Waals surface area contributed by atoms with E-state index >= 15 is 0 Å². The summed E-state index contributed by atoms with van der Waals surface area (Å²) in [7, 11) is 0. The lowest BCUT2D eigenvalue weighted by Gasteiger charge is -2.20. The molecule has 142 valence electrons. The summed E-state index contributed by atoms with van der Waals surface area (Å²) in [5.74, 6) is 4.92. The van der Waals surface area contributed by atoms with E-state index in [0.29, 0.717) is 11.8 Å². The van der Waals surface area contributed by atoms with Gasteiger partial charge in [-0.05, 0) is 75.0 Å². The molecule has 2 rings (SSSR count). The van der Waals surface area contributed by atoms with Crippen molar-refractivity contribution in [2.75, 3.05) is 26.2 Å². The van der Waals surface area contributed by atoms with E-state index in [-0.39, 0.29) is 30.6 Å². The first-order valence-corrected chi connectivity index (χ1v) is 9.77. The maximum absolute atomic E-state index is 9.25. The molecule has 2 aliphatic carbocycles. The van der Waals surface area contributed by atoms with Crippen LogP contribution in [0.4, 0.5) is 0 Å². The molecular weight excluding hydrogens is 413 g/mol. The predicted octanol–water partition coefficient (Wildman–Crippen LogP) is 3.64. The van der Waals surface area contributed by atoms with Crippen LogP contribution in [0.25, 0.3) is 0 Å². The monoisotopic (exact) mass is 451 g/mol. The van der Waals surface area contributed by atoms with Crippen LogP contribution < -0.4 is 10.6 Å². The average Bonchev–Trinajstić information content (AvgIpc) is 3.37. The summed E-state index contributed by atoms with van der Waals surface area (Å²) in [5.41, 5.74) is 0. The summed E-state index contributed by atoms with van der Waals surface area (Å²) in [6.07, 6.45) is 7.73. The van der Waals surface area contributed by atoms with Gasteiger partial charge in [-0.1, -0.05) is 13.8 Å². The Morgan fingerprint density at radius 2 is 1.75 bits per heavy atom. The Bertz CT molecular complexity index is 356. The molecule has 2 fully saturated rings. The zero-order chi connectivity index (χ0) is 16.7. The van der Waals surface area contributed by atoms with Gasteiger partial charge in [0.2, 0.25) is 0 Å². The van der Waals surface area contributed by atoms with E-state index in [1.807, 2.05) is 0 Å². The van der Waals surface area contributed by atoms with Crippen LogP contribution in [0.1, 0.15) is 59.3 Å². The van der Waals surface area contributed by atoms with E-state index in [1.165, 1.54) is 25.7 Å². The highest BCUT2D eigenvalue weighted by Crippen LogP contribution is 2.48. The lowest BCUT2D eigenvalue weighted by molar-refractivity contribution is 0.245. The van der Waals surface area contributed by atoms with E-state index < -0.39 is 0 Å². The standard InChI is InChI=1S/C19H37N3O.HI/c1-4-20-19(21-12-15(9-10-23)11-14(2)3)22-13-18(16-5-6-16)17-7-8-17;/h14-18,23H,4-13H2,1-3H3,(H2,20,21,22);1H. The molecule has 1 unspecified atom stereocenters. The Kier molecular flexibility index (Phi) is 10.6. The molecular formula is C19H38IN3O. The molecule has 0 aromatic rings. The molecule has 0 aromatic heterocycles. The summed E-state index contributed by atoms with van der Waals surface area (Å²) in [4.78, 5) is 4.80. The van der Waals surface area contributed by atoms with Crippen LogP contribution in [0.2, 0.25) is 0 Å². The number of nitrogens with one attached hydrogen (secondary N) is 2. The van der Waals surface area contributed by atoms with E-state index in [9.17, 15) is 5.11 Å².